The van der Waals surface area contributed by atoms with Crippen molar-refractivity contribution in [1.29, 1.82) is 0 Å². The van der Waals surface area contributed by atoms with E-state index in [0.29, 0.717) is 12.0 Å². The number of hydrogen-bond acceptors (Lipinski definition) is 3. The zero-order chi connectivity index (χ0) is 15.1. The van der Waals surface area contributed by atoms with Crippen LogP contribution in [0.25, 0.3) is 5.69 Å². The highest BCUT2D eigenvalue weighted by Crippen LogP contribution is 2.10. The fourth-order valence-corrected chi connectivity index (χ4v) is 2.17. The maximum atomic E-state index is 5.54. The molecule has 0 saturated heterocycles. The second kappa shape index (κ2) is 7.96. The van der Waals surface area contributed by atoms with Gasteiger partial charge in [-0.15, -0.1) is 0 Å². The average Bonchev–Trinajstić information content (AvgIpc) is 3.02. The summed E-state index contributed by atoms with van der Waals surface area (Å²) in [5.74, 6) is 0.555. The normalized spacial score (nSPS) is 12.8. The van der Waals surface area contributed by atoms with Gasteiger partial charge in [0.05, 0.1) is 12.3 Å². The van der Waals surface area contributed by atoms with Crippen LogP contribution in [0.3, 0.4) is 0 Å². The molecular formula is C17H25N3O. The lowest BCUT2D eigenvalue weighted by atomic mass is 10.0. The molecule has 1 N–H and O–H groups in total. The molecule has 21 heavy (non-hydrogen) atoms. The van der Waals surface area contributed by atoms with Gasteiger partial charge >= 0.3 is 0 Å². The topological polar surface area (TPSA) is 39.1 Å². The van der Waals surface area contributed by atoms with E-state index in [1.54, 1.807) is 6.20 Å². The summed E-state index contributed by atoms with van der Waals surface area (Å²) in [6.07, 6.45) is 3.74. The third kappa shape index (κ3) is 4.69. The molecule has 0 spiro atoms. The molecule has 1 aromatic heterocycles. The maximum Gasteiger partial charge on any atom is 0.0645 e. The molecule has 0 aliphatic carbocycles. The summed E-state index contributed by atoms with van der Waals surface area (Å²) in [7, 11) is 0. The van der Waals surface area contributed by atoms with Crippen molar-refractivity contribution in [3.8, 4) is 5.69 Å². The maximum absolute atomic E-state index is 5.54. The molecule has 1 heterocycles. The van der Waals surface area contributed by atoms with Gasteiger partial charge in [-0.2, -0.15) is 5.10 Å². The summed E-state index contributed by atoms with van der Waals surface area (Å²) in [4.78, 5) is 0. The standard InChI is InChI=1S/C17H25N3O/c1-4-21-13-17(14(2)3)18-12-15-6-8-16(9-7-15)20-11-5-10-19-20/h5-11,14,17-18H,4,12-13H2,1-3H3. The van der Waals surface area contributed by atoms with Crippen molar-refractivity contribution in [1.82, 2.24) is 15.1 Å². The summed E-state index contributed by atoms with van der Waals surface area (Å²) >= 11 is 0. The molecule has 4 nitrogen and oxygen atoms in total. The van der Waals surface area contributed by atoms with Gasteiger partial charge in [-0.05, 0) is 36.6 Å². The molecule has 4 heteroatoms. The number of rotatable bonds is 8. The highest BCUT2D eigenvalue weighted by Gasteiger charge is 2.12. The van der Waals surface area contributed by atoms with Crippen LogP contribution in [0, 0.1) is 5.92 Å². The quantitative estimate of drug-likeness (QED) is 0.811. The first-order valence-electron chi connectivity index (χ1n) is 7.60. The van der Waals surface area contributed by atoms with Crippen molar-refractivity contribution in [2.45, 2.75) is 33.4 Å². The lowest BCUT2D eigenvalue weighted by Gasteiger charge is -2.22. The van der Waals surface area contributed by atoms with Crippen molar-refractivity contribution >= 4 is 0 Å². The van der Waals surface area contributed by atoms with E-state index in [0.717, 1.165) is 25.4 Å². The number of nitrogens with zero attached hydrogens (tertiary/aromatic N) is 2. The first kappa shape index (κ1) is 15.7. The molecule has 2 aromatic rings. The van der Waals surface area contributed by atoms with E-state index in [2.05, 4.69) is 48.5 Å². The lowest BCUT2D eigenvalue weighted by Crippen LogP contribution is -2.37. The van der Waals surface area contributed by atoms with Gasteiger partial charge in [0.25, 0.3) is 0 Å². The Labute approximate surface area is 127 Å². The van der Waals surface area contributed by atoms with E-state index in [9.17, 15) is 0 Å². The molecule has 1 aromatic carbocycles. The predicted octanol–water partition coefficient (Wildman–Crippen LogP) is 3.02. The van der Waals surface area contributed by atoms with Gasteiger partial charge in [0.15, 0.2) is 0 Å². The number of aromatic nitrogens is 2. The van der Waals surface area contributed by atoms with Crippen LogP contribution < -0.4 is 5.32 Å². The van der Waals surface area contributed by atoms with Crippen molar-refractivity contribution in [2.24, 2.45) is 5.92 Å². The molecule has 2 rings (SSSR count). The van der Waals surface area contributed by atoms with Crippen LogP contribution in [0.4, 0.5) is 0 Å². The summed E-state index contributed by atoms with van der Waals surface area (Å²) in [6, 6.07) is 10.8. The van der Waals surface area contributed by atoms with Gasteiger partial charge in [0.2, 0.25) is 0 Å². The summed E-state index contributed by atoms with van der Waals surface area (Å²) in [6.45, 7) is 8.86. The molecule has 0 bridgehead atoms. The van der Waals surface area contributed by atoms with Gasteiger partial charge < -0.3 is 10.1 Å². The Bertz CT molecular complexity index is 505. The number of hydrogen-bond donors (Lipinski definition) is 1. The minimum atomic E-state index is 0.385. The molecule has 0 amide bonds. The Morgan fingerprint density at radius 3 is 2.57 bits per heavy atom. The lowest BCUT2D eigenvalue weighted by molar-refractivity contribution is 0.108. The van der Waals surface area contributed by atoms with Gasteiger partial charge in [-0.1, -0.05) is 26.0 Å². The fraction of sp³-hybridized carbons (Fsp3) is 0.471. The zero-order valence-corrected chi connectivity index (χ0v) is 13.1. The number of nitrogens with one attached hydrogen (secondary N) is 1. The molecule has 0 fully saturated rings. The van der Waals surface area contributed by atoms with Gasteiger partial charge in [0, 0.05) is 31.6 Å². The SMILES string of the molecule is CCOCC(NCc1ccc(-n2cccn2)cc1)C(C)C. The van der Waals surface area contributed by atoms with Gasteiger partial charge in [0.1, 0.15) is 0 Å². The monoisotopic (exact) mass is 287 g/mol. The second-order valence-corrected chi connectivity index (χ2v) is 5.51. The number of ether oxygens (including phenoxy) is 1. The smallest absolute Gasteiger partial charge is 0.0645 e. The summed E-state index contributed by atoms with van der Waals surface area (Å²) < 4.78 is 7.40. The van der Waals surface area contributed by atoms with Crippen molar-refractivity contribution in [3.63, 3.8) is 0 Å². The highest BCUT2D eigenvalue weighted by molar-refractivity contribution is 5.33. The van der Waals surface area contributed by atoms with Crippen LogP contribution in [0.15, 0.2) is 42.7 Å². The Hall–Kier alpha value is -1.65. The average molecular weight is 287 g/mol. The Morgan fingerprint density at radius 2 is 2.00 bits per heavy atom. The van der Waals surface area contributed by atoms with E-state index in [1.165, 1.54) is 5.56 Å². The third-order valence-corrected chi connectivity index (χ3v) is 3.58. The van der Waals surface area contributed by atoms with E-state index in [4.69, 9.17) is 4.74 Å². The molecule has 0 saturated carbocycles. The van der Waals surface area contributed by atoms with Crippen LogP contribution in [0.5, 0.6) is 0 Å². The predicted molar refractivity (Wildman–Crippen MR) is 85.5 cm³/mol. The third-order valence-electron chi connectivity index (χ3n) is 3.58. The zero-order valence-electron chi connectivity index (χ0n) is 13.1. The van der Waals surface area contributed by atoms with Crippen molar-refractivity contribution in [2.75, 3.05) is 13.2 Å². The molecule has 0 aliphatic rings. The van der Waals surface area contributed by atoms with Crippen LogP contribution in [0.1, 0.15) is 26.3 Å². The van der Waals surface area contributed by atoms with Crippen LogP contribution >= 0.6 is 0 Å². The van der Waals surface area contributed by atoms with E-state index in [1.807, 2.05) is 23.9 Å². The van der Waals surface area contributed by atoms with E-state index in [-0.39, 0.29) is 0 Å². The Kier molecular flexibility index (Phi) is 5.96. The van der Waals surface area contributed by atoms with Gasteiger partial charge in [-0.3, -0.25) is 0 Å². The Morgan fingerprint density at radius 1 is 1.24 bits per heavy atom. The van der Waals surface area contributed by atoms with Crippen LogP contribution in [-0.4, -0.2) is 29.0 Å². The first-order chi connectivity index (χ1) is 10.2. The van der Waals surface area contributed by atoms with Gasteiger partial charge in [-0.25, -0.2) is 4.68 Å². The highest BCUT2D eigenvalue weighted by atomic mass is 16.5. The minimum Gasteiger partial charge on any atom is -0.380 e. The molecular weight excluding hydrogens is 262 g/mol. The van der Waals surface area contributed by atoms with Crippen LogP contribution in [0.2, 0.25) is 0 Å². The van der Waals surface area contributed by atoms with Crippen molar-refractivity contribution < 1.29 is 4.74 Å². The Balaban J connectivity index is 1.90. The minimum absolute atomic E-state index is 0.385. The van der Waals surface area contributed by atoms with Crippen LogP contribution in [-0.2, 0) is 11.3 Å². The largest absolute Gasteiger partial charge is 0.380 e. The first-order valence-corrected chi connectivity index (χ1v) is 7.60. The van der Waals surface area contributed by atoms with Crippen molar-refractivity contribution in [3.05, 3.63) is 48.3 Å². The summed E-state index contributed by atoms with van der Waals surface area (Å²) in [5.41, 5.74) is 2.35. The number of benzene rings is 1. The van der Waals surface area contributed by atoms with E-state index >= 15 is 0 Å². The fourth-order valence-electron chi connectivity index (χ4n) is 2.17. The molecule has 1 atom stereocenters. The van der Waals surface area contributed by atoms with E-state index < -0.39 is 0 Å². The summed E-state index contributed by atoms with van der Waals surface area (Å²) in [5, 5.41) is 7.81. The molecule has 1 unspecified atom stereocenters. The molecule has 0 radical (unpaired) electrons. The second-order valence-electron chi connectivity index (χ2n) is 5.51. The molecule has 0 aliphatic heterocycles. The molecule has 114 valence electrons.